The fourth-order valence-electron chi connectivity index (χ4n) is 1.87. The minimum atomic E-state index is 0.738. The molecular formula is C13H18N2O. The number of rotatable bonds is 5. The maximum atomic E-state index is 5.51. The molecule has 0 bridgehead atoms. The van der Waals surface area contributed by atoms with Gasteiger partial charge in [0.05, 0.1) is 0 Å². The molecule has 1 aromatic heterocycles. The summed E-state index contributed by atoms with van der Waals surface area (Å²) in [6, 6.07) is 6.29. The fraction of sp³-hybridized carbons (Fsp3) is 0.462. The predicted octanol–water partition coefficient (Wildman–Crippen LogP) is 2.68. The highest BCUT2D eigenvalue weighted by molar-refractivity contribution is 5.73. The lowest BCUT2D eigenvalue weighted by atomic mass is 10.1. The molecule has 0 radical (unpaired) electrons. The Labute approximate surface area is 95.9 Å². The summed E-state index contributed by atoms with van der Waals surface area (Å²) in [6.45, 7) is 2.97. The molecule has 3 nitrogen and oxygen atoms in total. The van der Waals surface area contributed by atoms with Crippen molar-refractivity contribution in [3.8, 4) is 0 Å². The van der Waals surface area contributed by atoms with Gasteiger partial charge in [0.2, 0.25) is 0 Å². The van der Waals surface area contributed by atoms with Crippen LogP contribution in [0.5, 0.6) is 0 Å². The van der Waals surface area contributed by atoms with Crippen molar-refractivity contribution in [1.29, 1.82) is 0 Å². The van der Waals surface area contributed by atoms with Gasteiger partial charge in [-0.05, 0) is 50.6 Å². The van der Waals surface area contributed by atoms with Crippen molar-refractivity contribution < 1.29 is 4.42 Å². The molecule has 0 aliphatic rings. The normalized spacial score (nSPS) is 11.1. The van der Waals surface area contributed by atoms with Crippen molar-refractivity contribution in [2.24, 2.45) is 0 Å². The standard InChI is InChI=1S/C13H18N2O/c1-10-15-12-7-6-11(9-13(12)16-10)5-3-4-8-14-2/h6-7,9,14H,3-5,8H2,1-2H3. The Morgan fingerprint density at radius 2 is 2.19 bits per heavy atom. The van der Waals surface area contributed by atoms with Crippen molar-refractivity contribution in [3.05, 3.63) is 29.7 Å². The van der Waals surface area contributed by atoms with E-state index >= 15 is 0 Å². The molecule has 0 amide bonds. The van der Waals surface area contributed by atoms with Gasteiger partial charge < -0.3 is 9.73 Å². The van der Waals surface area contributed by atoms with E-state index in [1.807, 2.05) is 20.0 Å². The van der Waals surface area contributed by atoms with Gasteiger partial charge in [-0.2, -0.15) is 0 Å². The molecular weight excluding hydrogens is 200 g/mol. The van der Waals surface area contributed by atoms with Gasteiger partial charge in [-0.3, -0.25) is 0 Å². The second-order valence-electron chi connectivity index (χ2n) is 4.10. The topological polar surface area (TPSA) is 38.1 Å². The van der Waals surface area contributed by atoms with Gasteiger partial charge in [0, 0.05) is 6.92 Å². The third kappa shape index (κ3) is 2.61. The van der Waals surface area contributed by atoms with Gasteiger partial charge in [-0.1, -0.05) is 6.07 Å². The SMILES string of the molecule is CNCCCCc1ccc2nc(C)oc2c1. The first-order valence-electron chi connectivity index (χ1n) is 5.80. The third-order valence-corrected chi connectivity index (χ3v) is 2.70. The Balaban J connectivity index is 2.02. The predicted molar refractivity (Wildman–Crippen MR) is 65.6 cm³/mol. The van der Waals surface area contributed by atoms with E-state index in [4.69, 9.17) is 4.42 Å². The average molecular weight is 218 g/mol. The molecule has 0 aliphatic heterocycles. The van der Waals surface area contributed by atoms with Crippen LogP contribution in [-0.4, -0.2) is 18.6 Å². The van der Waals surface area contributed by atoms with Crippen LogP contribution < -0.4 is 5.32 Å². The lowest BCUT2D eigenvalue weighted by molar-refractivity contribution is 0.560. The van der Waals surface area contributed by atoms with Crippen molar-refractivity contribution in [3.63, 3.8) is 0 Å². The molecule has 0 spiro atoms. The van der Waals surface area contributed by atoms with Gasteiger partial charge in [0.25, 0.3) is 0 Å². The van der Waals surface area contributed by atoms with Crippen LogP contribution in [0.1, 0.15) is 24.3 Å². The number of nitrogens with zero attached hydrogens (tertiary/aromatic N) is 1. The number of benzene rings is 1. The monoisotopic (exact) mass is 218 g/mol. The highest BCUT2D eigenvalue weighted by atomic mass is 16.3. The van der Waals surface area contributed by atoms with E-state index in [1.165, 1.54) is 18.4 Å². The molecule has 0 aliphatic carbocycles. The molecule has 0 saturated heterocycles. The fourth-order valence-corrected chi connectivity index (χ4v) is 1.87. The first kappa shape index (κ1) is 11.1. The van der Waals surface area contributed by atoms with Gasteiger partial charge in [-0.25, -0.2) is 4.98 Å². The van der Waals surface area contributed by atoms with Crippen molar-refractivity contribution >= 4 is 11.1 Å². The maximum absolute atomic E-state index is 5.51. The van der Waals surface area contributed by atoms with E-state index in [-0.39, 0.29) is 0 Å². The summed E-state index contributed by atoms with van der Waals surface area (Å²) in [6.07, 6.45) is 3.53. The lowest BCUT2D eigenvalue weighted by Crippen LogP contribution is -2.07. The number of unbranched alkanes of at least 4 members (excludes halogenated alkanes) is 1. The Bertz CT molecular complexity index is 462. The van der Waals surface area contributed by atoms with Crippen LogP contribution >= 0.6 is 0 Å². The second-order valence-corrected chi connectivity index (χ2v) is 4.10. The first-order valence-corrected chi connectivity index (χ1v) is 5.80. The lowest BCUT2D eigenvalue weighted by Gasteiger charge is -2.01. The van der Waals surface area contributed by atoms with Crippen molar-refractivity contribution in [1.82, 2.24) is 10.3 Å². The smallest absolute Gasteiger partial charge is 0.192 e. The molecule has 1 aromatic carbocycles. The zero-order chi connectivity index (χ0) is 11.4. The van der Waals surface area contributed by atoms with Crippen LogP contribution in [0.15, 0.2) is 22.6 Å². The molecule has 2 rings (SSSR count). The van der Waals surface area contributed by atoms with E-state index in [1.54, 1.807) is 0 Å². The van der Waals surface area contributed by atoms with Crippen LogP contribution in [0.4, 0.5) is 0 Å². The van der Waals surface area contributed by atoms with E-state index < -0.39 is 0 Å². The van der Waals surface area contributed by atoms with Crippen LogP contribution in [0, 0.1) is 6.92 Å². The van der Waals surface area contributed by atoms with E-state index in [9.17, 15) is 0 Å². The number of aryl methyl sites for hydroxylation is 2. The Kier molecular flexibility index (Phi) is 3.57. The van der Waals surface area contributed by atoms with Gasteiger partial charge in [0.1, 0.15) is 5.52 Å². The molecule has 3 heteroatoms. The zero-order valence-corrected chi connectivity index (χ0v) is 9.92. The highest BCUT2D eigenvalue weighted by Crippen LogP contribution is 2.17. The molecule has 0 atom stereocenters. The maximum Gasteiger partial charge on any atom is 0.192 e. The van der Waals surface area contributed by atoms with Crippen molar-refractivity contribution in [2.75, 3.05) is 13.6 Å². The van der Waals surface area contributed by atoms with Gasteiger partial charge >= 0.3 is 0 Å². The summed E-state index contributed by atoms with van der Waals surface area (Å²) in [5.74, 6) is 0.738. The molecule has 2 aromatic rings. The van der Waals surface area contributed by atoms with E-state index in [2.05, 4.69) is 22.4 Å². The number of nitrogens with one attached hydrogen (secondary N) is 1. The Morgan fingerprint density at radius 3 is 3.00 bits per heavy atom. The average Bonchev–Trinajstić information content (AvgIpc) is 2.64. The minimum Gasteiger partial charge on any atom is -0.441 e. The van der Waals surface area contributed by atoms with Crippen LogP contribution in [-0.2, 0) is 6.42 Å². The number of fused-ring (bicyclic) bond motifs is 1. The summed E-state index contributed by atoms with van der Waals surface area (Å²) in [5, 5.41) is 3.16. The Morgan fingerprint density at radius 1 is 1.31 bits per heavy atom. The molecule has 0 saturated carbocycles. The Hall–Kier alpha value is -1.35. The first-order chi connectivity index (χ1) is 7.79. The molecule has 16 heavy (non-hydrogen) atoms. The van der Waals surface area contributed by atoms with Crippen molar-refractivity contribution in [2.45, 2.75) is 26.2 Å². The van der Waals surface area contributed by atoms with Crippen LogP contribution in [0.3, 0.4) is 0 Å². The van der Waals surface area contributed by atoms with Gasteiger partial charge in [-0.15, -0.1) is 0 Å². The molecule has 0 unspecified atom stereocenters. The number of hydrogen-bond acceptors (Lipinski definition) is 3. The summed E-state index contributed by atoms with van der Waals surface area (Å²) in [4.78, 5) is 4.29. The summed E-state index contributed by atoms with van der Waals surface area (Å²) >= 11 is 0. The van der Waals surface area contributed by atoms with Crippen LogP contribution in [0.2, 0.25) is 0 Å². The summed E-state index contributed by atoms with van der Waals surface area (Å²) in [5.41, 5.74) is 3.19. The number of oxazole rings is 1. The second kappa shape index (κ2) is 5.12. The molecule has 0 fully saturated rings. The number of hydrogen-bond donors (Lipinski definition) is 1. The largest absolute Gasteiger partial charge is 0.441 e. The quantitative estimate of drug-likeness (QED) is 0.784. The minimum absolute atomic E-state index is 0.738. The number of aromatic nitrogens is 1. The third-order valence-electron chi connectivity index (χ3n) is 2.70. The van der Waals surface area contributed by atoms with Gasteiger partial charge in [0.15, 0.2) is 11.5 Å². The molecule has 1 N–H and O–H groups in total. The molecule has 1 heterocycles. The summed E-state index contributed by atoms with van der Waals surface area (Å²) in [7, 11) is 1.99. The van der Waals surface area contributed by atoms with E-state index in [0.717, 1.165) is 30.0 Å². The zero-order valence-electron chi connectivity index (χ0n) is 9.92. The van der Waals surface area contributed by atoms with E-state index in [0.29, 0.717) is 0 Å². The summed E-state index contributed by atoms with van der Waals surface area (Å²) < 4.78 is 5.51. The highest BCUT2D eigenvalue weighted by Gasteiger charge is 2.02. The molecule has 86 valence electrons. The van der Waals surface area contributed by atoms with Crippen LogP contribution in [0.25, 0.3) is 11.1 Å².